The Morgan fingerprint density at radius 3 is 2.41 bits per heavy atom. The Morgan fingerprint density at radius 1 is 1.09 bits per heavy atom. The molecule has 1 heterocycles. The van der Waals surface area contributed by atoms with Gasteiger partial charge in [-0.2, -0.15) is 0 Å². The zero-order valence-corrected chi connectivity index (χ0v) is 12.8. The molecule has 3 nitrogen and oxygen atoms in total. The molecule has 22 heavy (non-hydrogen) atoms. The van der Waals surface area contributed by atoms with E-state index in [4.69, 9.17) is 4.52 Å². The summed E-state index contributed by atoms with van der Waals surface area (Å²) in [5.41, 5.74) is 1.49. The molecule has 6 heteroatoms. The molecule has 3 aromatic rings. The monoisotopic (exact) mass is 365 g/mol. The molecule has 0 aliphatic carbocycles. The van der Waals surface area contributed by atoms with E-state index >= 15 is 0 Å². The second-order valence-corrected chi connectivity index (χ2v) is 5.49. The SMILES string of the molecule is OCc1c(-c2cc(F)cc(F)c2)noc1-c1ccccc1Br. The third kappa shape index (κ3) is 2.67. The van der Waals surface area contributed by atoms with Crippen LogP contribution in [0.5, 0.6) is 0 Å². The average Bonchev–Trinajstić information content (AvgIpc) is 2.90. The van der Waals surface area contributed by atoms with Crippen molar-refractivity contribution in [2.75, 3.05) is 0 Å². The smallest absolute Gasteiger partial charge is 0.174 e. The largest absolute Gasteiger partial charge is 0.391 e. The zero-order chi connectivity index (χ0) is 15.7. The van der Waals surface area contributed by atoms with E-state index in [1.54, 1.807) is 6.07 Å². The molecular formula is C16H10BrF2NO2. The van der Waals surface area contributed by atoms with Crippen LogP contribution in [0.25, 0.3) is 22.6 Å². The second-order valence-electron chi connectivity index (χ2n) is 4.63. The molecule has 112 valence electrons. The van der Waals surface area contributed by atoms with E-state index in [0.29, 0.717) is 16.9 Å². The number of hydrogen-bond donors (Lipinski definition) is 1. The summed E-state index contributed by atoms with van der Waals surface area (Å²) in [5, 5.41) is 13.5. The second kappa shape index (κ2) is 5.98. The maximum absolute atomic E-state index is 13.4. The van der Waals surface area contributed by atoms with Crippen LogP contribution in [0.2, 0.25) is 0 Å². The fourth-order valence-electron chi connectivity index (χ4n) is 2.23. The molecule has 0 saturated heterocycles. The van der Waals surface area contributed by atoms with Crippen molar-refractivity contribution in [1.82, 2.24) is 5.16 Å². The lowest BCUT2D eigenvalue weighted by atomic mass is 10.0. The Balaban J connectivity index is 2.18. The molecule has 0 unspecified atom stereocenters. The van der Waals surface area contributed by atoms with E-state index in [9.17, 15) is 13.9 Å². The molecule has 0 radical (unpaired) electrons. The van der Waals surface area contributed by atoms with E-state index in [-0.39, 0.29) is 17.9 Å². The van der Waals surface area contributed by atoms with Gasteiger partial charge >= 0.3 is 0 Å². The minimum absolute atomic E-state index is 0.212. The molecule has 1 aromatic heterocycles. The van der Waals surface area contributed by atoms with Crippen molar-refractivity contribution in [2.45, 2.75) is 6.61 Å². The van der Waals surface area contributed by atoms with Gasteiger partial charge in [-0.3, -0.25) is 0 Å². The molecule has 0 bridgehead atoms. The summed E-state index contributed by atoms with van der Waals surface area (Å²) in [6.45, 7) is -0.367. The van der Waals surface area contributed by atoms with Crippen molar-refractivity contribution in [3.8, 4) is 22.6 Å². The van der Waals surface area contributed by atoms with Crippen molar-refractivity contribution in [3.63, 3.8) is 0 Å². The predicted molar refractivity (Wildman–Crippen MR) is 80.9 cm³/mol. The van der Waals surface area contributed by atoms with Crippen molar-refractivity contribution < 1.29 is 18.4 Å². The van der Waals surface area contributed by atoms with Crippen molar-refractivity contribution in [3.05, 3.63) is 64.1 Å². The first kappa shape index (κ1) is 14.9. The van der Waals surface area contributed by atoms with Gasteiger partial charge in [0.2, 0.25) is 0 Å². The van der Waals surface area contributed by atoms with E-state index in [2.05, 4.69) is 21.1 Å². The van der Waals surface area contributed by atoms with Gasteiger partial charge < -0.3 is 9.63 Å². The van der Waals surface area contributed by atoms with Crippen LogP contribution in [-0.2, 0) is 6.61 Å². The third-order valence-corrected chi connectivity index (χ3v) is 3.89. The van der Waals surface area contributed by atoms with E-state index in [1.807, 2.05) is 18.2 Å². The summed E-state index contributed by atoms with van der Waals surface area (Å²) >= 11 is 3.40. The summed E-state index contributed by atoms with van der Waals surface area (Å²) in [6.07, 6.45) is 0. The molecule has 0 aliphatic heterocycles. The van der Waals surface area contributed by atoms with Gasteiger partial charge in [0.05, 0.1) is 12.2 Å². The summed E-state index contributed by atoms with van der Waals surface area (Å²) in [4.78, 5) is 0. The Hall–Kier alpha value is -2.05. The van der Waals surface area contributed by atoms with Crippen molar-refractivity contribution in [1.29, 1.82) is 0 Å². The number of hydrogen-bond acceptors (Lipinski definition) is 3. The summed E-state index contributed by atoms with van der Waals surface area (Å²) in [5.74, 6) is -1.08. The van der Waals surface area contributed by atoms with Crippen LogP contribution < -0.4 is 0 Å². The van der Waals surface area contributed by atoms with Gasteiger partial charge in [-0.1, -0.05) is 33.2 Å². The topological polar surface area (TPSA) is 46.3 Å². The Morgan fingerprint density at radius 2 is 1.77 bits per heavy atom. The first-order valence-electron chi connectivity index (χ1n) is 6.41. The molecular weight excluding hydrogens is 356 g/mol. The number of halogens is 3. The van der Waals surface area contributed by atoms with Gasteiger partial charge in [0.1, 0.15) is 17.3 Å². The molecule has 0 fully saturated rings. The van der Waals surface area contributed by atoms with Gasteiger partial charge in [-0.15, -0.1) is 0 Å². The van der Waals surface area contributed by atoms with E-state index < -0.39 is 11.6 Å². The highest BCUT2D eigenvalue weighted by Gasteiger charge is 2.20. The van der Waals surface area contributed by atoms with Crippen molar-refractivity contribution >= 4 is 15.9 Å². The number of aliphatic hydroxyl groups is 1. The average molecular weight is 366 g/mol. The fourth-order valence-corrected chi connectivity index (χ4v) is 2.70. The minimum Gasteiger partial charge on any atom is -0.391 e. The van der Waals surface area contributed by atoms with Crippen LogP contribution in [0.3, 0.4) is 0 Å². The predicted octanol–water partition coefficient (Wildman–Crippen LogP) is 4.54. The lowest BCUT2D eigenvalue weighted by molar-refractivity contribution is 0.281. The van der Waals surface area contributed by atoms with Crippen LogP contribution in [0.1, 0.15) is 5.56 Å². The first-order valence-corrected chi connectivity index (χ1v) is 7.20. The van der Waals surface area contributed by atoms with Crippen LogP contribution >= 0.6 is 15.9 Å². The van der Waals surface area contributed by atoms with Crippen LogP contribution in [0.4, 0.5) is 8.78 Å². The third-order valence-electron chi connectivity index (χ3n) is 3.20. The quantitative estimate of drug-likeness (QED) is 0.740. The highest BCUT2D eigenvalue weighted by atomic mass is 79.9. The zero-order valence-electron chi connectivity index (χ0n) is 11.2. The molecule has 3 rings (SSSR count). The number of nitrogens with zero attached hydrogens (tertiary/aromatic N) is 1. The fraction of sp³-hybridized carbons (Fsp3) is 0.0625. The molecule has 2 aromatic carbocycles. The van der Waals surface area contributed by atoms with Gasteiger partial charge in [0, 0.05) is 21.7 Å². The van der Waals surface area contributed by atoms with Gasteiger partial charge in [0.15, 0.2) is 5.76 Å². The van der Waals surface area contributed by atoms with Crippen LogP contribution in [-0.4, -0.2) is 10.3 Å². The number of benzene rings is 2. The molecule has 0 amide bonds. The molecule has 0 saturated carbocycles. The van der Waals surface area contributed by atoms with E-state index in [1.165, 1.54) is 0 Å². The maximum atomic E-state index is 13.4. The lowest BCUT2D eigenvalue weighted by Gasteiger charge is -2.03. The first-order chi connectivity index (χ1) is 10.6. The van der Waals surface area contributed by atoms with Crippen molar-refractivity contribution in [2.24, 2.45) is 0 Å². The standard InChI is InChI=1S/C16H10BrF2NO2/c17-14-4-2-1-3-12(14)16-13(8-21)15(20-22-16)9-5-10(18)7-11(19)6-9/h1-7,21H,8H2. The van der Waals surface area contributed by atoms with Gasteiger partial charge in [-0.05, 0) is 24.3 Å². The van der Waals surface area contributed by atoms with Crippen LogP contribution in [0.15, 0.2) is 51.5 Å². The normalized spacial score (nSPS) is 10.9. The number of aromatic nitrogens is 1. The Labute approximate surface area is 133 Å². The lowest BCUT2D eigenvalue weighted by Crippen LogP contribution is -1.91. The summed E-state index contributed by atoms with van der Waals surface area (Å²) < 4.78 is 32.8. The Kier molecular flexibility index (Phi) is 4.04. The molecule has 0 atom stereocenters. The van der Waals surface area contributed by atoms with Gasteiger partial charge in [-0.25, -0.2) is 8.78 Å². The molecule has 1 N–H and O–H groups in total. The van der Waals surface area contributed by atoms with E-state index in [0.717, 1.165) is 22.7 Å². The summed E-state index contributed by atoms with van der Waals surface area (Å²) in [6, 6.07) is 10.3. The minimum atomic E-state index is -0.718. The number of rotatable bonds is 3. The highest BCUT2D eigenvalue weighted by molar-refractivity contribution is 9.10. The highest BCUT2D eigenvalue weighted by Crippen LogP contribution is 2.36. The number of aliphatic hydroxyl groups excluding tert-OH is 1. The Bertz CT molecular complexity index is 813. The maximum Gasteiger partial charge on any atom is 0.174 e. The summed E-state index contributed by atoms with van der Waals surface area (Å²) in [7, 11) is 0. The van der Waals surface area contributed by atoms with Crippen LogP contribution in [0, 0.1) is 11.6 Å². The molecule has 0 aliphatic rings. The molecule has 0 spiro atoms. The van der Waals surface area contributed by atoms with Gasteiger partial charge in [0.25, 0.3) is 0 Å².